The molecule has 0 saturated carbocycles. The first kappa shape index (κ1) is 27.9. The highest BCUT2D eigenvalue weighted by Gasteiger charge is 2.52. The molecule has 1 aliphatic carbocycles. The largest absolute Gasteiger partial charge is 0.457 e. The Labute approximate surface area is 211 Å². The molecule has 9 nitrogen and oxygen atoms in total. The number of hydrogen-bond acceptors (Lipinski definition) is 9. The number of nitrogens with zero attached hydrogens (tertiary/aromatic N) is 1. The van der Waals surface area contributed by atoms with Crippen molar-refractivity contribution in [2.75, 3.05) is 13.7 Å². The summed E-state index contributed by atoms with van der Waals surface area (Å²) >= 11 is 4.20. The maximum Gasteiger partial charge on any atom is 0.329 e. The van der Waals surface area contributed by atoms with E-state index >= 15 is 0 Å². The summed E-state index contributed by atoms with van der Waals surface area (Å²) in [7, 11) is 1.54. The molecule has 0 spiro atoms. The average Bonchev–Trinajstić information content (AvgIpc) is 2.85. The lowest BCUT2D eigenvalue weighted by atomic mass is 9.88. The van der Waals surface area contributed by atoms with Crippen molar-refractivity contribution >= 4 is 30.3 Å². The van der Waals surface area contributed by atoms with Crippen molar-refractivity contribution in [1.29, 1.82) is 0 Å². The first-order valence-electron chi connectivity index (χ1n) is 12.3. The number of carbonyl (C=O) groups is 3. The molecule has 196 valence electrons. The zero-order valence-corrected chi connectivity index (χ0v) is 21.5. The molecule has 0 radical (unpaired) electrons. The van der Waals surface area contributed by atoms with E-state index in [0.717, 1.165) is 5.57 Å². The van der Waals surface area contributed by atoms with Gasteiger partial charge in [0.05, 0.1) is 6.10 Å². The summed E-state index contributed by atoms with van der Waals surface area (Å²) in [4.78, 5) is 40.3. The van der Waals surface area contributed by atoms with Crippen molar-refractivity contribution < 1.29 is 38.8 Å². The Morgan fingerprint density at radius 2 is 2.00 bits per heavy atom. The molecular weight excluding hydrogens is 474 g/mol. The molecule has 7 unspecified atom stereocenters. The summed E-state index contributed by atoms with van der Waals surface area (Å²) in [6.07, 6.45) is 7.98. The molecule has 3 rings (SSSR count). The van der Waals surface area contributed by atoms with Crippen molar-refractivity contribution in [3.8, 4) is 0 Å². The maximum absolute atomic E-state index is 13.1. The van der Waals surface area contributed by atoms with Gasteiger partial charge in [-0.3, -0.25) is 9.59 Å². The molecule has 35 heavy (non-hydrogen) atoms. The van der Waals surface area contributed by atoms with Crippen LogP contribution in [0.15, 0.2) is 23.8 Å². The van der Waals surface area contributed by atoms with Crippen LogP contribution in [0, 0.1) is 5.92 Å². The van der Waals surface area contributed by atoms with E-state index in [1.807, 2.05) is 12.2 Å². The number of aliphatic hydroxyl groups is 2. The molecule has 0 bridgehead atoms. The van der Waals surface area contributed by atoms with Crippen molar-refractivity contribution in [3.63, 3.8) is 0 Å². The van der Waals surface area contributed by atoms with Gasteiger partial charge in [-0.1, -0.05) is 19.1 Å². The highest BCUT2D eigenvalue weighted by Crippen LogP contribution is 2.35. The van der Waals surface area contributed by atoms with Crippen molar-refractivity contribution in [2.45, 2.75) is 94.4 Å². The molecule has 2 N–H and O–H groups in total. The topological polar surface area (TPSA) is 123 Å². The van der Waals surface area contributed by atoms with E-state index in [9.17, 15) is 24.6 Å². The lowest BCUT2D eigenvalue weighted by Crippen LogP contribution is -2.60. The normalized spacial score (nSPS) is 34.9. The smallest absolute Gasteiger partial charge is 0.329 e. The van der Waals surface area contributed by atoms with Crippen LogP contribution < -0.4 is 0 Å². The van der Waals surface area contributed by atoms with Crippen molar-refractivity contribution in [3.05, 3.63) is 23.8 Å². The van der Waals surface area contributed by atoms with Gasteiger partial charge in [0.15, 0.2) is 0 Å². The van der Waals surface area contributed by atoms with Gasteiger partial charge in [0.25, 0.3) is 11.7 Å². The Morgan fingerprint density at radius 3 is 2.71 bits per heavy atom. The fourth-order valence-corrected chi connectivity index (χ4v) is 5.07. The monoisotopic (exact) mass is 511 g/mol. The third-order valence-electron chi connectivity index (χ3n) is 7.03. The minimum Gasteiger partial charge on any atom is -0.457 e. The van der Waals surface area contributed by atoms with Gasteiger partial charge in [0, 0.05) is 19.6 Å². The summed E-state index contributed by atoms with van der Waals surface area (Å²) in [5, 5.41) is 20.8. The highest BCUT2D eigenvalue weighted by molar-refractivity contribution is 7.80. The second kappa shape index (κ2) is 12.0. The Hall–Kier alpha value is -1.72. The predicted octanol–water partition coefficient (Wildman–Crippen LogP) is 1.91. The summed E-state index contributed by atoms with van der Waals surface area (Å²) in [6, 6.07) is -0.910. The van der Waals surface area contributed by atoms with Crippen molar-refractivity contribution in [2.24, 2.45) is 5.92 Å². The molecule has 0 aromatic rings. The molecule has 0 aromatic heterocycles. The van der Waals surface area contributed by atoms with E-state index in [4.69, 9.17) is 14.2 Å². The van der Waals surface area contributed by atoms with Crippen LogP contribution in [0.2, 0.25) is 0 Å². The summed E-state index contributed by atoms with van der Waals surface area (Å²) < 4.78 is 16.2. The first-order valence-corrected chi connectivity index (χ1v) is 12.8. The van der Waals surface area contributed by atoms with Crippen LogP contribution in [0.5, 0.6) is 0 Å². The number of likely N-dealkylation sites (tertiary alicyclic amines) is 1. The minimum atomic E-state index is -2.26. The van der Waals surface area contributed by atoms with Crippen LogP contribution in [0.1, 0.15) is 58.8 Å². The highest BCUT2D eigenvalue weighted by atomic mass is 32.1. The first-order chi connectivity index (χ1) is 16.6. The predicted molar refractivity (Wildman–Crippen MR) is 130 cm³/mol. The van der Waals surface area contributed by atoms with Gasteiger partial charge in [0.1, 0.15) is 23.7 Å². The van der Waals surface area contributed by atoms with Crippen LogP contribution in [0.3, 0.4) is 0 Å². The fraction of sp³-hybridized carbons (Fsp3) is 0.720. The molecule has 1 amide bonds. The van der Waals surface area contributed by atoms with E-state index in [1.165, 1.54) is 4.90 Å². The zero-order chi connectivity index (χ0) is 25.8. The average molecular weight is 512 g/mol. The number of aliphatic hydroxyl groups excluding tert-OH is 1. The van der Waals surface area contributed by atoms with Gasteiger partial charge in [0.2, 0.25) is 5.79 Å². The standard InChI is InChI=1S/C25H37NO8S/c1-15-7-12-21(35)34-25(15,31)22(28)23(29)26-13-5-4-6-18(26)24(30)33-16(2)8-9-17-10-11-19(27)20(14-17)32-3/h8-9,14-16,18-21,27,31,35H,4-7,10-13H2,1-3H3/b9-8+. The van der Waals surface area contributed by atoms with Crippen LogP contribution >= 0.6 is 12.6 Å². The molecule has 10 heteroatoms. The molecule has 7 atom stereocenters. The molecule has 2 saturated heterocycles. The number of allylic oxidation sites excluding steroid dienone is 2. The summed E-state index contributed by atoms with van der Waals surface area (Å²) in [6.45, 7) is 3.59. The molecule has 2 aliphatic heterocycles. The number of rotatable bonds is 7. The van der Waals surface area contributed by atoms with E-state index in [0.29, 0.717) is 44.9 Å². The fourth-order valence-electron chi connectivity index (χ4n) is 4.76. The number of hydrogen-bond donors (Lipinski definition) is 3. The number of ether oxygens (including phenoxy) is 3. The Balaban J connectivity index is 1.65. The van der Waals surface area contributed by atoms with E-state index in [1.54, 1.807) is 27.0 Å². The van der Waals surface area contributed by atoms with Gasteiger partial charge in [-0.15, -0.1) is 12.6 Å². The summed E-state index contributed by atoms with van der Waals surface area (Å²) in [5.74, 6) is -5.44. The minimum absolute atomic E-state index is 0.219. The molecule has 2 fully saturated rings. The number of ketones is 1. The second-order valence-electron chi connectivity index (χ2n) is 9.64. The van der Waals surface area contributed by atoms with Gasteiger partial charge in [-0.2, -0.15) is 0 Å². The maximum atomic E-state index is 13.1. The number of thiol groups is 1. The van der Waals surface area contributed by atoms with Gasteiger partial charge >= 0.3 is 5.97 Å². The second-order valence-corrected chi connectivity index (χ2v) is 10.2. The number of Topliss-reactive ketones (excluding diaryl/α,β-unsaturated/α-hetero) is 1. The number of methoxy groups -OCH3 is 1. The van der Waals surface area contributed by atoms with Crippen LogP contribution in [-0.4, -0.2) is 82.0 Å². The lowest BCUT2D eigenvalue weighted by molar-refractivity contribution is -0.247. The quantitative estimate of drug-likeness (QED) is 0.269. The number of carbonyl (C=O) groups excluding carboxylic acids is 3. The summed E-state index contributed by atoms with van der Waals surface area (Å²) in [5.41, 5.74) is 0.326. The molecule has 0 aromatic carbocycles. The number of amides is 1. The molecule has 3 aliphatic rings. The Morgan fingerprint density at radius 1 is 1.26 bits per heavy atom. The SMILES string of the molecule is COC1C=C(/C=C/C(C)OC(=O)C2CCCCN2C(=O)C(=O)C2(O)OC(S)CCC2C)CCC1O. The third-order valence-corrected chi connectivity index (χ3v) is 7.39. The Kier molecular flexibility index (Phi) is 9.56. The van der Waals surface area contributed by atoms with Gasteiger partial charge in [-0.05, 0) is 63.5 Å². The molecule has 2 heterocycles. The van der Waals surface area contributed by atoms with E-state index in [-0.39, 0.29) is 12.6 Å². The number of esters is 1. The van der Waals surface area contributed by atoms with Crippen LogP contribution in [0.25, 0.3) is 0 Å². The number of piperidine rings is 1. The van der Waals surface area contributed by atoms with Gasteiger partial charge < -0.3 is 29.3 Å². The Bertz CT molecular complexity index is 860. The third kappa shape index (κ3) is 6.54. The van der Waals surface area contributed by atoms with Crippen LogP contribution in [-0.2, 0) is 28.6 Å². The van der Waals surface area contributed by atoms with Gasteiger partial charge in [-0.25, -0.2) is 4.79 Å². The zero-order valence-electron chi connectivity index (χ0n) is 20.6. The van der Waals surface area contributed by atoms with E-state index in [2.05, 4.69) is 12.6 Å². The lowest BCUT2D eigenvalue weighted by Gasteiger charge is -2.41. The van der Waals surface area contributed by atoms with E-state index < -0.39 is 53.1 Å². The van der Waals surface area contributed by atoms with Crippen LogP contribution in [0.4, 0.5) is 0 Å². The molecular formula is C25H37NO8S. The van der Waals surface area contributed by atoms with Crippen molar-refractivity contribution in [1.82, 2.24) is 4.90 Å².